The molecule has 0 aliphatic carbocycles. The van der Waals surface area contributed by atoms with E-state index in [1.165, 1.54) is 6.33 Å². The Hall–Kier alpha value is -3.19. The summed E-state index contributed by atoms with van der Waals surface area (Å²) in [6.45, 7) is 1.93. The lowest BCUT2D eigenvalue weighted by molar-refractivity contribution is 0.102. The van der Waals surface area contributed by atoms with Crippen LogP contribution in [0.25, 0.3) is 16.6 Å². The molecule has 8 heteroatoms. The highest BCUT2D eigenvalue weighted by Gasteiger charge is 2.11. The predicted molar refractivity (Wildman–Crippen MR) is 95.2 cm³/mol. The van der Waals surface area contributed by atoms with Gasteiger partial charge in [-0.15, -0.1) is 5.10 Å². The fourth-order valence-electron chi connectivity index (χ4n) is 2.69. The maximum Gasteiger partial charge on any atom is 0.272 e. The third-order valence-electron chi connectivity index (χ3n) is 3.88. The number of nitrogens with one attached hydrogen (secondary N) is 2. The summed E-state index contributed by atoms with van der Waals surface area (Å²) in [6, 6.07) is 12.7. The zero-order valence-electron chi connectivity index (χ0n) is 13.2. The summed E-state index contributed by atoms with van der Waals surface area (Å²) < 4.78 is 1.57. The third-order valence-corrected chi connectivity index (χ3v) is 4.11. The van der Waals surface area contributed by atoms with Crippen molar-refractivity contribution in [2.45, 2.75) is 6.92 Å². The summed E-state index contributed by atoms with van der Waals surface area (Å²) in [4.78, 5) is 15.6. The number of hydrogen-bond donors (Lipinski definition) is 2. The number of tetrazole rings is 1. The molecule has 4 rings (SSSR count). The minimum absolute atomic E-state index is 0.220. The lowest BCUT2D eigenvalue weighted by Gasteiger charge is -2.08. The Morgan fingerprint density at radius 1 is 1.20 bits per heavy atom. The number of rotatable bonds is 3. The van der Waals surface area contributed by atoms with E-state index in [4.69, 9.17) is 11.6 Å². The summed E-state index contributed by atoms with van der Waals surface area (Å²) in [5, 5.41) is 15.5. The Morgan fingerprint density at radius 2 is 2.08 bits per heavy atom. The zero-order valence-corrected chi connectivity index (χ0v) is 13.9. The van der Waals surface area contributed by atoms with Crippen molar-refractivity contribution < 1.29 is 4.79 Å². The molecule has 4 aromatic rings. The molecule has 2 aromatic carbocycles. The molecule has 0 saturated heterocycles. The first kappa shape index (κ1) is 15.3. The Balaban J connectivity index is 1.58. The van der Waals surface area contributed by atoms with Crippen molar-refractivity contribution in [3.05, 3.63) is 65.1 Å². The second-order valence-electron chi connectivity index (χ2n) is 5.62. The molecule has 0 aliphatic rings. The molecule has 0 spiro atoms. The highest BCUT2D eigenvalue weighted by atomic mass is 35.5. The summed E-state index contributed by atoms with van der Waals surface area (Å²) in [5.41, 5.74) is 3.81. The van der Waals surface area contributed by atoms with Gasteiger partial charge in [-0.1, -0.05) is 11.6 Å². The van der Waals surface area contributed by atoms with Gasteiger partial charge in [0.05, 0.1) is 5.69 Å². The molecule has 0 aliphatic heterocycles. The molecule has 1 amide bonds. The molecule has 0 unspecified atom stereocenters. The number of benzene rings is 2. The van der Waals surface area contributed by atoms with Crippen molar-refractivity contribution in [2.24, 2.45) is 0 Å². The Bertz CT molecular complexity index is 1070. The minimum atomic E-state index is -0.220. The number of aryl methyl sites for hydroxylation is 1. The van der Waals surface area contributed by atoms with E-state index in [1.807, 2.05) is 31.2 Å². The molecule has 0 bridgehead atoms. The van der Waals surface area contributed by atoms with Gasteiger partial charge in [0.2, 0.25) is 0 Å². The lowest BCUT2D eigenvalue weighted by Crippen LogP contribution is -2.12. The first-order valence-corrected chi connectivity index (χ1v) is 7.91. The number of amides is 1. The van der Waals surface area contributed by atoms with E-state index < -0.39 is 0 Å². The van der Waals surface area contributed by atoms with E-state index in [1.54, 1.807) is 22.9 Å². The van der Waals surface area contributed by atoms with Crippen LogP contribution in [0.3, 0.4) is 0 Å². The van der Waals surface area contributed by atoms with Crippen LogP contribution in [-0.4, -0.2) is 31.1 Å². The molecule has 2 aromatic heterocycles. The number of aromatic nitrogens is 5. The van der Waals surface area contributed by atoms with Crippen LogP contribution in [0.15, 0.2) is 48.8 Å². The van der Waals surface area contributed by atoms with Crippen LogP contribution in [0.1, 0.15) is 16.1 Å². The van der Waals surface area contributed by atoms with Gasteiger partial charge in [-0.2, -0.15) is 0 Å². The monoisotopic (exact) mass is 352 g/mol. The summed E-state index contributed by atoms with van der Waals surface area (Å²) in [7, 11) is 0. The SMILES string of the molecule is Cc1cc(NC(=O)c2cc3cc(Cl)ccc3[nH]2)ccc1-n1cnnn1. The van der Waals surface area contributed by atoms with E-state index in [-0.39, 0.29) is 5.91 Å². The standard InChI is InChI=1S/C17H13ClN6O/c1-10-6-13(3-5-16(10)24-9-19-22-23-24)20-17(25)15-8-11-7-12(18)2-4-14(11)21-15/h2-9,21H,1H3,(H,20,25). The summed E-state index contributed by atoms with van der Waals surface area (Å²) >= 11 is 5.98. The third kappa shape index (κ3) is 2.97. The van der Waals surface area contributed by atoms with E-state index in [0.717, 1.165) is 22.2 Å². The molecule has 0 atom stereocenters. The Morgan fingerprint density at radius 3 is 2.84 bits per heavy atom. The van der Waals surface area contributed by atoms with Gasteiger partial charge < -0.3 is 10.3 Å². The number of hydrogen-bond acceptors (Lipinski definition) is 4. The van der Waals surface area contributed by atoms with Crippen molar-refractivity contribution in [1.29, 1.82) is 0 Å². The van der Waals surface area contributed by atoms with Crippen LogP contribution in [0.2, 0.25) is 5.02 Å². The highest BCUT2D eigenvalue weighted by molar-refractivity contribution is 6.31. The second kappa shape index (κ2) is 6.03. The molecule has 2 N–H and O–H groups in total. The molecule has 7 nitrogen and oxygen atoms in total. The van der Waals surface area contributed by atoms with E-state index in [9.17, 15) is 4.79 Å². The van der Waals surface area contributed by atoms with Crippen molar-refractivity contribution in [2.75, 3.05) is 5.32 Å². The smallest absolute Gasteiger partial charge is 0.272 e. The van der Waals surface area contributed by atoms with Gasteiger partial charge in [0, 0.05) is 21.6 Å². The molecular weight excluding hydrogens is 340 g/mol. The average Bonchev–Trinajstić information content (AvgIpc) is 3.23. The first-order valence-electron chi connectivity index (χ1n) is 7.54. The molecule has 2 heterocycles. The number of aromatic amines is 1. The van der Waals surface area contributed by atoms with E-state index in [2.05, 4.69) is 25.8 Å². The highest BCUT2D eigenvalue weighted by Crippen LogP contribution is 2.22. The zero-order chi connectivity index (χ0) is 17.4. The number of halogens is 1. The number of fused-ring (bicyclic) bond motifs is 1. The lowest BCUT2D eigenvalue weighted by atomic mass is 10.1. The minimum Gasteiger partial charge on any atom is -0.351 e. The van der Waals surface area contributed by atoms with Gasteiger partial charge in [0.1, 0.15) is 12.0 Å². The topological polar surface area (TPSA) is 88.5 Å². The normalized spacial score (nSPS) is 11.0. The second-order valence-corrected chi connectivity index (χ2v) is 6.06. The maximum atomic E-state index is 12.5. The molecule has 0 radical (unpaired) electrons. The first-order chi connectivity index (χ1) is 12.1. The quantitative estimate of drug-likeness (QED) is 0.591. The van der Waals surface area contributed by atoms with E-state index >= 15 is 0 Å². The summed E-state index contributed by atoms with van der Waals surface area (Å²) in [5.74, 6) is -0.220. The van der Waals surface area contributed by atoms with Crippen LogP contribution < -0.4 is 5.32 Å². The van der Waals surface area contributed by atoms with Gasteiger partial charge in [0.25, 0.3) is 5.91 Å². The van der Waals surface area contributed by atoms with E-state index in [0.29, 0.717) is 16.4 Å². The van der Waals surface area contributed by atoms with Gasteiger partial charge in [0.15, 0.2) is 0 Å². The van der Waals surface area contributed by atoms with Gasteiger partial charge in [-0.05, 0) is 65.4 Å². The summed E-state index contributed by atoms with van der Waals surface area (Å²) in [6.07, 6.45) is 1.52. The number of anilines is 1. The van der Waals surface area contributed by atoms with Crippen molar-refractivity contribution in [3.8, 4) is 5.69 Å². The fraction of sp³-hybridized carbons (Fsp3) is 0.0588. The number of carbonyl (C=O) groups excluding carboxylic acids is 1. The Labute approximate surface area is 147 Å². The number of nitrogens with zero attached hydrogens (tertiary/aromatic N) is 4. The Kier molecular flexibility index (Phi) is 3.70. The molecule has 25 heavy (non-hydrogen) atoms. The van der Waals surface area contributed by atoms with Crippen molar-refractivity contribution in [1.82, 2.24) is 25.2 Å². The molecule has 0 saturated carbocycles. The number of H-pyrrole nitrogens is 1. The molecule has 0 fully saturated rings. The van der Waals surface area contributed by atoms with Gasteiger partial charge in [-0.25, -0.2) is 4.68 Å². The van der Waals surface area contributed by atoms with Crippen LogP contribution in [-0.2, 0) is 0 Å². The van der Waals surface area contributed by atoms with Gasteiger partial charge in [-0.3, -0.25) is 4.79 Å². The van der Waals surface area contributed by atoms with Crippen LogP contribution >= 0.6 is 11.6 Å². The van der Waals surface area contributed by atoms with Crippen molar-refractivity contribution >= 4 is 34.1 Å². The number of carbonyl (C=O) groups is 1. The average molecular weight is 353 g/mol. The van der Waals surface area contributed by atoms with Gasteiger partial charge >= 0.3 is 0 Å². The van der Waals surface area contributed by atoms with Crippen molar-refractivity contribution in [3.63, 3.8) is 0 Å². The van der Waals surface area contributed by atoms with Crippen LogP contribution in [0, 0.1) is 6.92 Å². The largest absolute Gasteiger partial charge is 0.351 e. The molecule has 124 valence electrons. The maximum absolute atomic E-state index is 12.5. The van der Waals surface area contributed by atoms with Crippen LogP contribution in [0.4, 0.5) is 5.69 Å². The van der Waals surface area contributed by atoms with Crippen LogP contribution in [0.5, 0.6) is 0 Å². The molecular formula is C17H13ClN6O. The predicted octanol–water partition coefficient (Wildman–Crippen LogP) is 3.36. The fourth-order valence-corrected chi connectivity index (χ4v) is 2.87.